The summed E-state index contributed by atoms with van der Waals surface area (Å²) >= 11 is 0. The molecule has 0 radical (unpaired) electrons. The lowest BCUT2D eigenvalue weighted by molar-refractivity contribution is -0.120. The molecule has 2 aromatic rings. The highest BCUT2D eigenvalue weighted by molar-refractivity contribution is 7.94. The van der Waals surface area contributed by atoms with Crippen LogP contribution < -0.4 is 15.7 Å². The number of aryl methyl sites for hydroxylation is 1. The Morgan fingerprint density at radius 3 is 2.79 bits per heavy atom. The van der Waals surface area contributed by atoms with Gasteiger partial charge >= 0.3 is 5.63 Å². The highest BCUT2D eigenvalue weighted by atomic mass is 32.2. The third-order valence-electron chi connectivity index (χ3n) is 4.36. The number of amides is 1. The van der Waals surface area contributed by atoms with E-state index in [0.29, 0.717) is 28.9 Å². The molecule has 1 aromatic heterocycles. The number of carbonyl (C=O) groups is 1. The first-order valence-electron chi connectivity index (χ1n) is 8.68. The summed E-state index contributed by atoms with van der Waals surface area (Å²) in [6, 6.07) is 4.58. The third kappa shape index (κ3) is 4.51. The molecule has 1 amide bonds. The topological polar surface area (TPSA) is 103 Å². The third-order valence-corrected chi connectivity index (χ3v) is 5.75. The number of carbonyl (C=O) groups excluding carboxylic acids is 1. The molecule has 1 atom stereocenters. The molecule has 8 heteroatoms. The van der Waals surface area contributed by atoms with E-state index in [1.165, 1.54) is 6.08 Å². The maximum atomic E-state index is 12.4. The predicted octanol–water partition coefficient (Wildman–Crippen LogP) is 2.03. The van der Waals surface area contributed by atoms with Gasteiger partial charge in [-0.2, -0.15) is 0 Å². The Balaban J connectivity index is 1.81. The average molecular weight is 403 g/mol. The van der Waals surface area contributed by atoms with Gasteiger partial charge in [0.1, 0.15) is 17.9 Å². The minimum atomic E-state index is -3.27. The number of sulfone groups is 1. The Morgan fingerprint density at radius 1 is 1.39 bits per heavy atom. The summed E-state index contributed by atoms with van der Waals surface area (Å²) in [5.74, 6) is -0.0579. The van der Waals surface area contributed by atoms with Gasteiger partial charge in [-0.05, 0) is 43.2 Å². The number of nitrogens with one attached hydrogen (secondary N) is 1. The minimum Gasteiger partial charge on any atom is -0.489 e. The van der Waals surface area contributed by atoms with Crippen LogP contribution in [0.15, 0.2) is 51.0 Å². The average Bonchev–Trinajstić information content (AvgIpc) is 2.94. The number of benzene rings is 1. The van der Waals surface area contributed by atoms with Gasteiger partial charge in [-0.1, -0.05) is 6.58 Å². The van der Waals surface area contributed by atoms with Gasteiger partial charge in [0.05, 0.1) is 23.8 Å². The highest BCUT2D eigenvalue weighted by Crippen LogP contribution is 2.24. The summed E-state index contributed by atoms with van der Waals surface area (Å²) in [6.07, 6.45) is 1.23. The largest absolute Gasteiger partial charge is 0.489 e. The number of hydrogen-bond acceptors (Lipinski definition) is 6. The van der Waals surface area contributed by atoms with Crippen LogP contribution in [0, 0.1) is 6.92 Å². The Morgan fingerprint density at radius 2 is 2.14 bits per heavy atom. The van der Waals surface area contributed by atoms with E-state index >= 15 is 0 Å². The maximum absolute atomic E-state index is 12.4. The zero-order valence-corrected chi connectivity index (χ0v) is 16.5. The van der Waals surface area contributed by atoms with E-state index in [2.05, 4.69) is 11.9 Å². The normalized spacial score (nSPS) is 17.6. The molecule has 0 bridgehead atoms. The molecule has 28 heavy (non-hydrogen) atoms. The van der Waals surface area contributed by atoms with Crippen molar-refractivity contribution in [3.8, 4) is 5.75 Å². The second-order valence-electron chi connectivity index (χ2n) is 6.91. The van der Waals surface area contributed by atoms with E-state index in [-0.39, 0.29) is 17.7 Å². The van der Waals surface area contributed by atoms with Crippen LogP contribution in [-0.2, 0) is 21.1 Å². The second kappa shape index (κ2) is 7.63. The first kappa shape index (κ1) is 19.9. The molecule has 2 heterocycles. The van der Waals surface area contributed by atoms with E-state index < -0.39 is 27.4 Å². The van der Waals surface area contributed by atoms with Crippen LogP contribution in [0.4, 0.5) is 0 Å². The van der Waals surface area contributed by atoms with E-state index in [1.807, 2.05) is 6.92 Å². The summed E-state index contributed by atoms with van der Waals surface area (Å²) in [6.45, 7) is 7.72. The van der Waals surface area contributed by atoms with Crippen molar-refractivity contribution in [2.75, 3.05) is 12.4 Å². The van der Waals surface area contributed by atoms with Crippen molar-refractivity contribution >= 4 is 26.7 Å². The molecular formula is C20H21NO6S. The van der Waals surface area contributed by atoms with Crippen molar-refractivity contribution in [2.24, 2.45) is 0 Å². The summed E-state index contributed by atoms with van der Waals surface area (Å²) in [7, 11) is -3.27. The Hall–Kier alpha value is -2.87. The molecule has 148 valence electrons. The maximum Gasteiger partial charge on any atom is 0.340 e. The van der Waals surface area contributed by atoms with Crippen molar-refractivity contribution in [3.63, 3.8) is 0 Å². The summed E-state index contributed by atoms with van der Waals surface area (Å²) in [5.41, 5.74) is 1.51. The quantitative estimate of drug-likeness (QED) is 0.585. The monoisotopic (exact) mass is 403 g/mol. The van der Waals surface area contributed by atoms with E-state index in [1.54, 1.807) is 25.1 Å². The van der Waals surface area contributed by atoms with Crippen LogP contribution in [0.5, 0.6) is 5.75 Å². The first-order valence-corrected chi connectivity index (χ1v) is 10.4. The predicted molar refractivity (Wildman–Crippen MR) is 106 cm³/mol. The Kier molecular flexibility index (Phi) is 5.42. The van der Waals surface area contributed by atoms with Gasteiger partial charge in [0.15, 0.2) is 9.84 Å². The molecule has 0 unspecified atom stereocenters. The second-order valence-corrected chi connectivity index (χ2v) is 8.84. The molecule has 1 N–H and O–H groups in total. The molecule has 0 fully saturated rings. The fourth-order valence-corrected chi connectivity index (χ4v) is 4.19. The molecule has 0 aliphatic carbocycles. The molecule has 7 nitrogen and oxygen atoms in total. The SMILES string of the molecule is C=C(C)COc1ccc2c(C)c(CC(=O)N[C@@H]3C=CS(=O)(=O)C3)c(=O)oc2c1. The smallest absolute Gasteiger partial charge is 0.340 e. The van der Waals surface area contributed by atoms with Crippen LogP contribution in [0.25, 0.3) is 11.0 Å². The van der Waals surface area contributed by atoms with Gasteiger partial charge < -0.3 is 14.5 Å². The Bertz CT molecular complexity index is 1140. The first-order chi connectivity index (χ1) is 13.1. The molecule has 0 spiro atoms. The van der Waals surface area contributed by atoms with Crippen molar-refractivity contribution in [2.45, 2.75) is 26.3 Å². The highest BCUT2D eigenvalue weighted by Gasteiger charge is 2.24. The summed E-state index contributed by atoms with van der Waals surface area (Å²) in [4.78, 5) is 24.7. The van der Waals surface area contributed by atoms with E-state index in [4.69, 9.17) is 9.15 Å². The molecule has 1 aliphatic heterocycles. The molecule has 1 aromatic carbocycles. The number of rotatable bonds is 6. The van der Waals surface area contributed by atoms with Gasteiger partial charge in [-0.15, -0.1) is 0 Å². The number of ether oxygens (including phenoxy) is 1. The van der Waals surface area contributed by atoms with E-state index in [0.717, 1.165) is 11.0 Å². The van der Waals surface area contributed by atoms with Crippen molar-refractivity contribution in [1.82, 2.24) is 5.32 Å². The van der Waals surface area contributed by atoms with Gasteiger partial charge in [0.25, 0.3) is 0 Å². The summed E-state index contributed by atoms with van der Waals surface area (Å²) in [5, 5.41) is 4.39. The van der Waals surface area contributed by atoms with Crippen LogP contribution >= 0.6 is 0 Å². The molecule has 0 saturated carbocycles. The fraction of sp³-hybridized carbons (Fsp3) is 0.300. The summed E-state index contributed by atoms with van der Waals surface area (Å²) < 4.78 is 33.8. The van der Waals surface area contributed by atoms with Gasteiger partial charge in [-0.25, -0.2) is 13.2 Å². The Labute approximate surface area is 162 Å². The lowest BCUT2D eigenvalue weighted by Gasteiger charge is -2.12. The molecule has 1 aliphatic rings. The molecular weight excluding hydrogens is 382 g/mol. The van der Waals surface area contributed by atoms with Crippen LogP contribution in [0.1, 0.15) is 18.1 Å². The lowest BCUT2D eigenvalue weighted by atomic mass is 10.0. The zero-order valence-electron chi connectivity index (χ0n) is 15.7. The number of fused-ring (bicyclic) bond motifs is 1. The van der Waals surface area contributed by atoms with Crippen molar-refractivity contribution in [1.29, 1.82) is 0 Å². The molecule has 3 rings (SSSR count). The van der Waals surface area contributed by atoms with Crippen molar-refractivity contribution < 1.29 is 22.4 Å². The number of hydrogen-bond donors (Lipinski definition) is 1. The zero-order chi connectivity index (χ0) is 20.5. The van der Waals surface area contributed by atoms with Crippen molar-refractivity contribution in [3.05, 3.63) is 63.4 Å². The van der Waals surface area contributed by atoms with Crippen LogP contribution in [0.3, 0.4) is 0 Å². The van der Waals surface area contributed by atoms with Gasteiger partial charge in [0.2, 0.25) is 5.91 Å². The van der Waals surface area contributed by atoms with Gasteiger partial charge in [-0.3, -0.25) is 4.79 Å². The van der Waals surface area contributed by atoms with Gasteiger partial charge in [0, 0.05) is 16.9 Å². The standard InChI is InChI=1S/C20H21NO6S/c1-12(2)10-26-15-4-5-16-13(3)17(20(23)27-18(16)8-15)9-19(22)21-14-6-7-28(24,25)11-14/h4-8,14H,1,9-11H2,2-3H3,(H,21,22)/t14-/m1/s1. The fourth-order valence-electron chi connectivity index (χ4n) is 2.96. The molecule has 0 saturated heterocycles. The minimum absolute atomic E-state index is 0.170. The van der Waals surface area contributed by atoms with Crippen LogP contribution in [0.2, 0.25) is 0 Å². The van der Waals surface area contributed by atoms with Crippen LogP contribution in [-0.4, -0.2) is 32.7 Å². The lowest BCUT2D eigenvalue weighted by Crippen LogP contribution is -2.37. The van der Waals surface area contributed by atoms with E-state index in [9.17, 15) is 18.0 Å².